The number of amides is 1. The average molecular weight is 413 g/mol. The summed E-state index contributed by atoms with van der Waals surface area (Å²) in [5, 5.41) is 3.23. The highest BCUT2D eigenvalue weighted by Crippen LogP contribution is 2.27. The normalized spacial score (nSPS) is 13.7. The number of carbonyl (C=O) groups is 1. The number of fused-ring (bicyclic) bond motifs is 1. The molecule has 0 saturated heterocycles. The summed E-state index contributed by atoms with van der Waals surface area (Å²) in [4.78, 5) is 19.7. The molecule has 0 aliphatic heterocycles. The van der Waals surface area contributed by atoms with Crippen molar-refractivity contribution in [3.05, 3.63) is 53.5 Å². The van der Waals surface area contributed by atoms with Gasteiger partial charge in [-0.1, -0.05) is 24.0 Å². The molecule has 1 saturated carbocycles. The number of rotatable bonds is 4. The molecular weight excluding hydrogens is 395 g/mol. The molecule has 2 heterocycles. The van der Waals surface area contributed by atoms with E-state index in [0.717, 1.165) is 29.3 Å². The SMILES string of the molecule is Nc1ncnc2c1c(C#Cc1ccc(CC(=O)NC3CC3)cc1)cn2CC(F)(F)F. The summed E-state index contributed by atoms with van der Waals surface area (Å²) in [6, 6.07) is 7.46. The molecule has 3 N–H and O–H groups in total. The van der Waals surface area contributed by atoms with Crippen molar-refractivity contribution in [1.82, 2.24) is 19.9 Å². The van der Waals surface area contributed by atoms with Crippen molar-refractivity contribution in [2.75, 3.05) is 5.73 Å². The van der Waals surface area contributed by atoms with E-state index in [-0.39, 0.29) is 17.4 Å². The number of aromatic nitrogens is 3. The molecule has 1 amide bonds. The molecule has 1 aliphatic carbocycles. The Balaban J connectivity index is 1.56. The molecule has 0 radical (unpaired) electrons. The summed E-state index contributed by atoms with van der Waals surface area (Å²) in [5.41, 5.74) is 7.78. The van der Waals surface area contributed by atoms with Gasteiger partial charge in [-0.15, -0.1) is 0 Å². The average Bonchev–Trinajstić information content (AvgIpc) is 3.41. The zero-order chi connectivity index (χ0) is 21.3. The van der Waals surface area contributed by atoms with Crippen molar-refractivity contribution >= 4 is 22.8 Å². The Labute approximate surface area is 170 Å². The molecule has 9 heteroatoms. The number of anilines is 1. The quantitative estimate of drug-likeness (QED) is 0.644. The zero-order valence-electron chi connectivity index (χ0n) is 15.8. The lowest BCUT2D eigenvalue weighted by Crippen LogP contribution is -2.26. The van der Waals surface area contributed by atoms with Gasteiger partial charge in [0, 0.05) is 17.8 Å². The molecule has 0 spiro atoms. The van der Waals surface area contributed by atoms with Gasteiger partial charge in [0.1, 0.15) is 24.3 Å². The third kappa shape index (κ3) is 4.71. The maximum atomic E-state index is 12.9. The molecule has 1 aromatic carbocycles. The van der Waals surface area contributed by atoms with Gasteiger partial charge in [-0.2, -0.15) is 13.2 Å². The van der Waals surface area contributed by atoms with Crippen LogP contribution in [0.5, 0.6) is 0 Å². The number of nitrogen functional groups attached to an aromatic ring is 1. The number of carbonyl (C=O) groups excluding carboxylic acids is 1. The summed E-state index contributed by atoms with van der Waals surface area (Å²) in [6.07, 6.45) is 0.373. The highest BCUT2D eigenvalue weighted by molar-refractivity contribution is 5.92. The van der Waals surface area contributed by atoms with Gasteiger partial charge >= 0.3 is 6.18 Å². The molecule has 0 unspecified atom stereocenters. The standard InChI is InChI=1S/C21H18F3N5O/c22-21(23,24)11-29-10-15(18-19(25)26-12-27-20(18)29)6-5-13-1-3-14(4-2-13)9-17(30)28-16-7-8-16/h1-4,10,12,16H,7-9,11H2,(H,28,30)(H2,25,26,27). The van der Waals surface area contributed by atoms with Crippen LogP contribution in [-0.4, -0.2) is 32.7 Å². The van der Waals surface area contributed by atoms with E-state index < -0.39 is 12.7 Å². The number of benzene rings is 1. The second kappa shape index (κ2) is 7.71. The van der Waals surface area contributed by atoms with E-state index in [1.807, 2.05) is 0 Å². The first-order valence-corrected chi connectivity index (χ1v) is 9.35. The van der Waals surface area contributed by atoms with E-state index in [1.54, 1.807) is 24.3 Å². The molecule has 30 heavy (non-hydrogen) atoms. The van der Waals surface area contributed by atoms with Crippen LogP contribution in [0, 0.1) is 11.8 Å². The second-order valence-corrected chi connectivity index (χ2v) is 7.21. The zero-order valence-corrected chi connectivity index (χ0v) is 15.8. The molecular formula is C21H18F3N5O. The molecule has 3 aromatic rings. The number of alkyl halides is 3. The lowest BCUT2D eigenvalue weighted by atomic mass is 10.1. The fourth-order valence-corrected chi connectivity index (χ4v) is 3.09. The number of hydrogen-bond donors (Lipinski definition) is 2. The molecule has 4 rings (SSSR count). The van der Waals surface area contributed by atoms with E-state index in [9.17, 15) is 18.0 Å². The van der Waals surface area contributed by atoms with Crippen molar-refractivity contribution in [3.63, 3.8) is 0 Å². The van der Waals surface area contributed by atoms with Gasteiger partial charge in [-0.3, -0.25) is 4.79 Å². The van der Waals surface area contributed by atoms with E-state index in [4.69, 9.17) is 5.73 Å². The van der Waals surface area contributed by atoms with Crippen LogP contribution in [-0.2, 0) is 17.8 Å². The van der Waals surface area contributed by atoms with Gasteiger partial charge in [0.05, 0.1) is 17.4 Å². The summed E-state index contributed by atoms with van der Waals surface area (Å²) in [5.74, 6) is 5.85. The van der Waals surface area contributed by atoms with Crippen LogP contribution >= 0.6 is 0 Å². The van der Waals surface area contributed by atoms with E-state index >= 15 is 0 Å². The van der Waals surface area contributed by atoms with Crippen LogP contribution in [0.4, 0.5) is 19.0 Å². The van der Waals surface area contributed by atoms with Crippen molar-refractivity contribution in [2.45, 2.75) is 38.0 Å². The van der Waals surface area contributed by atoms with Gasteiger partial charge in [0.25, 0.3) is 0 Å². The van der Waals surface area contributed by atoms with Gasteiger partial charge < -0.3 is 15.6 Å². The molecule has 1 aliphatic rings. The summed E-state index contributed by atoms with van der Waals surface area (Å²) in [6.45, 7) is -1.20. The summed E-state index contributed by atoms with van der Waals surface area (Å²) >= 11 is 0. The first-order valence-electron chi connectivity index (χ1n) is 9.35. The van der Waals surface area contributed by atoms with E-state index in [2.05, 4.69) is 27.1 Å². The van der Waals surface area contributed by atoms with E-state index in [1.165, 1.54) is 6.20 Å². The molecule has 154 valence electrons. The fraction of sp³-hybridized carbons (Fsp3) is 0.286. The van der Waals surface area contributed by atoms with Gasteiger partial charge in [-0.25, -0.2) is 9.97 Å². The monoisotopic (exact) mass is 413 g/mol. The minimum absolute atomic E-state index is 0.00992. The number of nitrogens with zero attached hydrogens (tertiary/aromatic N) is 3. The number of halogens is 3. The minimum atomic E-state index is -4.40. The first kappa shape index (κ1) is 19.8. The molecule has 0 atom stereocenters. The van der Waals surface area contributed by atoms with Gasteiger partial charge in [-0.05, 0) is 30.5 Å². The van der Waals surface area contributed by atoms with Crippen LogP contribution in [0.2, 0.25) is 0 Å². The Morgan fingerprint density at radius 1 is 1.20 bits per heavy atom. The fourth-order valence-electron chi connectivity index (χ4n) is 3.09. The van der Waals surface area contributed by atoms with Crippen LogP contribution in [0.3, 0.4) is 0 Å². The molecule has 0 bridgehead atoms. The smallest absolute Gasteiger partial charge is 0.383 e. The Bertz CT molecular complexity index is 1150. The maximum Gasteiger partial charge on any atom is 0.406 e. The molecule has 6 nitrogen and oxygen atoms in total. The third-order valence-electron chi connectivity index (χ3n) is 4.64. The molecule has 2 aromatic heterocycles. The van der Waals surface area contributed by atoms with Crippen LogP contribution in [0.25, 0.3) is 11.0 Å². The minimum Gasteiger partial charge on any atom is -0.383 e. The Hall–Kier alpha value is -3.54. The number of nitrogens with two attached hydrogens (primary N) is 1. The lowest BCUT2D eigenvalue weighted by Gasteiger charge is -2.07. The van der Waals surface area contributed by atoms with Crippen LogP contribution < -0.4 is 11.1 Å². The number of hydrogen-bond acceptors (Lipinski definition) is 4. The highest BCUT2D eigenvalue weighted by atomic mass is 19.4. The summed E-state index contributed by atoms with van der Waals surface area (Å²) in [7, 11) is 0. The third-order valence-corrected chi connectivity index (χ3v) is 4.64. The Kier molecular flexibility index (Phi) is 5.08. The molecule has 1 fully saturated rings. The van der Waals surface area contributed by atoms with Crippen molar-refractivity contribution in [2.24, 2.45) is 0 Å². The summed E-state index contributed by atoms with van der Waals surface area (Å²) < 4.78 is 39.6. The Morgan fingerprint density at radius 3 is 2.60 bits per heavy atom. The lowest BCUT2D eigenvalue weighted by molar-refractivity contribution is -0.140. The van der Waals surface area contributed by atoms with Crippen molar-refractivity contribution in [3.8, 4) is 11.8 Å². The predicted molar refractivity (Wildman–Crippen MR) is 105 cm³/mol. The van der Waals surface area contributed by atoms with E-state index in [0.29, 0.717) is 29.0 Å². The van der Waals surface area contributed by atoms with Gasteiger partial charge in [0.15, 0.2) is 0 Å². The van der Waals surface area contributed by atoms with Crippen molar-refractivity contribution in [1.29, 1.82) is 0 Å². The first-order chi connectivity index (χ1) is 14.3. The predicted octanol–water partition coefficient (Wildman–Crippen LogP) is 2.80. The number of nitrogens with one attached hydrogen (secondary N) is 1. The topological polar surface area (TPSA) is 85.8 Å². The van der Waals surface area contributed by atoms with Crippen LogP contribution in [0.1, 0.15) is 29.5 Å². The maximum absolute atomic E-state index is 12.9. The largest absolute Gasteiger partial charge is 0.406 e. The van der Waals surface area contributed by atoms with Gasteiger partial charge in [0.2, 0.25) is 5.91 Å². The van der Waals surface area contributed by atoms with Crippen LogP contribution in [0.15, 0.2) is 36.8 Å². The second-order valence-electron chi connectivity index (χ2n) is 7.21. The highest BCUT2D eigenvalue weighted by Gasteiger charge is 2.29. The van der Waals surface area contributed by atoms with Crippen molar-refractivity contribution < 1.29 is 18.0 Å². The Morgan fingerprint density at radius 2 is 1.93 bits per heavy atom.